The number of hydrogen-bond donors (Lipinski definition) is 4. The molecule has 2 saturated carbocycles. The van der Waals surface area contributed by atoms with Gasteiger partial charge in [-0.2, -0.15) is 52.7 Å². The molecule has 0 aliphatic heterocycles. The Morgan fingerprint density at radius 2 is 0.967 bits per heavy atom. The number of alkyl carbamates (subject to hydrolysis) is 1. The van der Waals surface area contributed by atoms with Gasteiger partial charge in [0, 0.05) is 25.2 Å². The number of nitrogens with one attached hydrogen (secondary N) is 3. The van der Waals surface area contributed by atoms with Crippen LogP contribution in [0.5, 0.6) is 0 Å². The number of nitrogens with two attached hydrogens (primary N) is 1. The van der Waals surface area contributed by atoms with Gasteiger partial charge >= 0.3 is 30.8 Å². The highest BCUT2D eigenvalue weighted by Crippen LogP contribution is 2.46. The lowest BCUT2D eigenvalue weighted by Crippen LogP contribution is -2.45. The number of halogens is 12. The third kappa shape index (κ3) is 13.6. The summed E-state index contributed by atoms with van der Waals surface area (Å²) < 4.78 is 161. The quantitative estimate of drug-likeness (QED) is 0.187. The van der Waals surface area contributed by atoms with Gasteiger partial charge < -0.3 is 26.4 Å². The number of carbonyl (C=O) groups excluding carboxylic acids is 3. The van der Waals surface area contributed by atoms with Crippen molar-refractivity contribution < 1.29 is 71.8 Å². The molecule has 20 heteroatoms. The first kappa shape index (κ1) is 51.1. The Bertz CT molecular complexity index is 1800. The van der Waals surface area contributed by atoms with Crippen molar-refractivity contribution >= 4 is 17.9 Å². The third-order valence-electron chi connectivity index (χ3n) is 11.2. The molecule has 4 atom stereocenters. The fraction of sp³-hybridized carbons (Fsp3) is 0.634. The van der Waals surface area contributed by atoms with Gasteiger partial charge in [-0.1, -0.05) is 27.7 Å². The van der Waals surface area contributed by atoms with Crippen molar-refractivity contribution in [3.63, 3.8) is 0 Å². The van der Waals surface area contributed by atoms with E-state index in [2.05, 4.69) is 16.0 Å². The van der Waals surface area contributed by atoms with Crippen molar-refractivity contribution in [1.82, 2.24) is 16.0 Å². The first-order valence-corrected chi connectivity index (χ1v) is 19.5. The minimum atomic E-state index is -4.97. The zero-order valence-corrected chi connectivity index (χ0v) is 34.7. The van der Waals surface area contributed by atoms with Gasteiger partial charge in [0.05, 0.1) is 33.1 Å². The molecule has 0 unspecified atom stereocenters. The summed E-state index contributed by atoms with van der Waals surface area (Å²) in [4.78, 5) is 37.9. The van der Waals surface area contributed by atoms with E-state index in [4.69, 9.17) is 10.5 Å². The number of carbonyl (C=O) groups is 3. The van der Waals surface area contributed by atoms with Crippen LogP contribution < -0.4 is 21.7 Å². The molecular weight excluding hydrogens is 840 g/mol. The van der Waals surface area contributed by atoms with E-state index in [0.29, 0.717) is 56.4 Å². The molecule has 344 valence electrons. The fourth-order valence-electron chi connectivity index (χ4n) is 7.73. The van der Waals surface area contributed by atoms with Gasteiger partial charge in [0.1, 0.15) is 5.60 Å². The number of amides is 3. The van der Waals surface area contributed by atoms with Gasteiger partial charge in [0.25, 0.3) is 0 Å². The van der Waals surface area contributed by atoms with Crippen LogP contribution in [0.2, 0.25) is 0 Å². The van der Waals surface area contributed by atoms with Crippen LogP contribution in [-0.2, 0) is 52.1 Å². The summed E-state index contributed by atoms with van der Waals surface area (Å²) in [6.07, 6.45) is -17.6. The molecule has 2 fully saturated rings. The van der Waals surface area contributed by atoms with Crippen LogP contribution >= 0.6 is 0 Å². The number of rotatable bonds is 9. The van der Waals surface area contributed by atoms with E-state index in [0.717, 1.165) is 0 Å². The molecular formula is C41H52F12N4O4. The Balaban J connectivity index is 0.000000334. The first-order valence-electron chi connectivity index (χ1n) is 19.5. The van der Waals surface area contributed by atoms with Crippen LogP contribution in [0.3, 0.4) is 0 Å². The zero-order valence-electron chi connectivity index (χ0n) is 34.7. The first-order chi connectivity index (χ1) is 27.6. The summed E-state index contributed by atoms with van der Waals surface area (Å²) >= 11 is 0. The molecule has 2 aliphatic rings. The summed E-state index contributed by atoms with van der Waals surface area (Å²) in [6.45, 7) is 11.5. The van der Waals surface area contributed by atoms with Gasteiger partial charge in [-0.05, 0) is 119 Å². The molecule has 2 aromatic rings. The van der Waals surface area contributed by atoms with E-state index in [1.54, 1.807) is 20.8 Å². The van der Waals surface area contributed by atoms with Crippen LogP contribution in [0.25, 0.3) is 0 Å². The predicted molar refractivity (Wildman–Crippen MR) is 200 cm³/mol. The van der Waals surface area contributed by atoms with Crippen molar-refractivity contribution in [3.8, 4) is 0 Å². The zero-order chi connectivity index (χ0) is 46.7. The lowest BCUT2D eigenvalue weighted by molar-refractivity contribution is -0.144. The summed E-state index contributed by atoms with van der Waals surface area (Å²) in [7, 11) is 0. The van der Waals surface area contributed by atoms with E-state index in [-0.39, 0.29) is 53.6 Å². The Kier molecular flexibility index (Phi) is 15.6. The monoisotopic (exact) mass is 892 g/mol. The maximum Gasteiger partial charge on any atom is 0.416 e. The van der Waals surface area contributed by atoms with Crippen LogP contribution in [0.15, 0.2) is 36.4 Å². The number of benzene rings is 2. The number of alkyl halides is 12. The summed E-state index contributed by atoms with van der Waals surface area (Å²) in [6, 6.07) is 2.05. The molecule has 5 N–H and O–H groups in total. The van der Waals surface area contributed by atoms with Crippen LogP contribution in [0.1, 0.15) is 120 Å². The van der Waals surface area contributed by atoms with E-state index < -0.39 is 94.4 Å². The Morgan fingerprint density at radius 1 is 0.623 bits per heavy atom. The van der Waals surface area contributed by atoms with Crippen molar-refractivity contribution in [2.24, 2.45) is 28.4 Å². The van der Waals surface area contributed by atoms with E-state index in [9.17, 15) is 67.1 Å². The predicted octanol–water partition coefficient (Wildman–Crippen LogP) is 10.6. The summed E-state index contributed by atoms with van der Waals surface area (Å²) in [5.41, 5.74) is -2.73. The molecule has 0 aromatic heterocycles. The molecule has 4 rings (SSSR count). The van der Waals surface area contributed by atoms with Gasteiger partial charge in [0.2, 0.25) is 11.8 Å². The largest absolute Gasteiger partial charge is 0.444 e. The highest BCUT2D eigenvalue weighted by molar-refractivity contribution is 5.84. The fourth-order valence-corrected chi connectivity index (χ4v) is 7.73. The average molecular weight is 893 g/mol. The molecule has 0 heterocycles. The van der Waals surface area contributed by atoms with Gasteiger partial charge in [0.15, 0.2) is 0 Å². The molecule has 0 bridgehead atoms. The topological polar surface area (TPSA) is 123 Å². The average Bonchev–Trinajstić information content (AvgIpc) is 3.72. The van der Waals surface area contributed by atoms with Gasteiger partial charge in [-0.15, -0.1) is 0 Å². The van der Waals surface area contributed by atoms with Gasteiger partial charge in [-0.3, -0.25) is 9.59 Å². The van der Waals surface area contributed by atoms with Crippen molar-refractivity contribution in [1.29, 1.82) is 0 Å². The number of hydrogen-bond acceptors (Lipinski definition) is 5. The van der Waals surface area contributed by atoms with Crippen molar-refractivity contribution in [2.45, 2.75) is 142 Å². The normalized spacial score (nSPS) is 22.5. The van der Waals surface area contributed by atoms with Crippen LogP contribution in [0, 0.1) is 22.7 Å². The van der Waals surface area contributed by atoms with Crippen LogP contribution in [-0.4, -0.2) is 35.6 Å². The second-order valence-electron chi connectivity index (χ2n) is 17.4. The Hall–Kier alpha value is -4.23. The molecule has 2 aliphatic carbocycles. The molecule has 0 radical (unpaired) electrons. The number of ether oxygens (including phenoxy) is 1. The van der Waals surface area contributed by atoms with Crippen molar-refractivity contribution in [2.75, 3.05) is 0 Å². The van der Waals surface area contributed by atoms with E-state index in [1.807, 2.05) is 27.7 Å². The second-order valence-corrected chi connectivity index (χ2v) is 17.4. The Morgan fingerprint density at radius 3 is 1.26 bits per heavy atom. The molecule has 0 spiro atoms. The lowest BCUT2D eigenvalue weighted by atomic mass is 9.74. The molecule has 0 saturated heterocycles. The van der Waals surface area contributed by atoms with E-state index >= 15 is 0 Å². The SMILES string of the molecule is CC(C)[C@]1(C(=O)NCc2cc(C(F)(F)F)cc(C(F)(F)F)c2)CC[C@@H](N)C1.CC(C)[C@]1(C(=O)NCc2cc(C(F)(F)F)cc(C(F)(F)F)c2)CC[C@@H](NC(=O)OC(C)(C)C)C1. The van der Waals surface area contributed by atoms with Crippen LogP contribution in [0.4, 0.5) is 57.5 Å². The maximum absolute atomic E-state index is 13.1. The molecule has 8 nitrogen and oxygen atoms in total. The van der Waals surface area contributed by atoms with E-state index in [1.165, 1.54) is 0 Å². The second kappa shape index (κ2) is 18.6. The molecule has 2 aromatic carbocycles. The highest BCUT2D eigenvalue weighted by Gasteiger charge is 2.49. The standard InChI is InChI=1S/C23H30F6N2O3.C18H22F6N2O/c1-13(2)21(7-6-17(11-21)31-19(33)34-20(3,4)5)18(32)30-12-14-8-15(22(24,25)26)10-16(9-14)23(27,28)29;1-10(2)16(4-3-14(25)8-16)15(27)26-9-11-5-12(17(19,20)21)7-13(6-11)18(22,23)24/h8-10,13,17H,6-7,11-12H2,1-5H3,(H,30,32)(H,31,33);5-7,10,14H,3-4,8-9,25H2,1-2H3,(H,26,27)/t17-,21+;14-,16+/m11/s1. The smallest absolute Gasteiger partial charge is 0.416 e. The highest BCUT2D eigenvalue weighted by atomic mass is 19.4. The minimum absolute atomic E-state index is 0.0465. The minimum Gasteiger partial charge on any atom is -0.444 e. The third-order valence-corrected chi connectivity index (χ3v) is 11.2. The van der Waals surface area contributed by atoms with Gasteiger partial charge in [-0.25, -0.2) is 4.79 Å². The lowest BCUT2D eigenvalue weighted by Gasteiger charge is -2.32. The van der Waals surface area contributed by atoms with Crippen molar-refractivity contribution in [3.05, 3.63) is 69.8 Å². The molecule has 3 amide bonds. The molecule has 61 heavy (non-hydrogen) atoms. The maximum atomic E-state index is 13.1. The Labute approximate surface area is 346 Å². The summed E-state index contributed by atoms with van der Waals surface area (Å²) in [5.74, 6) is -1.12. The summed E-state index contributed by atoms with van der Waals surface area (Å²) in [5, 5.41) is 7.76.